The van der Waals surface area contributed by atoms with Crippen molar-refractivity contribution in [3.8, 4) is 0 Å². The summed E-state index contributed by atoms with van der Waals surface area (Å²) >= 11 is 0. The van der Waals surface area contributed by atoms with Crippen molar-refractivity contribution in [1.29, 1.82) is 0 Å². The molecule has 7 heterocycles. The number of Topliss-reactive ketones (excluding diaryl/α,β-unsaturated/α-hetero) is 1. The number of hydrogen-bond acceptors (Lipinski definition) is 10. The Balaban J connectivity index is 1.21. The van der Waals surface area contributed by atoms with Gasteiger partial charge >= 0.3 is 5.97 Å². The number of aliphatic hydroxyl groups excluding tert-OH is 1. The maximum Gasteiger partial charge on any atom is 0.303 e. The molecule has 0 amide bonds. The number of carboxylic acid groups (broad SMARTS) is 1. The van der Waals surface area contributed by atoms with Crippen LogP contribution in [0.15, 0.2) is 28.8 Å². The number of aliphatic imine (C=N–C) groups is 1. The molecule has 0 saturated carbocycles. The number of carboxylic acids is 1. The van der Waals surface area contributed by atoms with Gasteiger partial charge in [-0.1, -0.05) is 45.9 Å². The van der Waals surface area contributed by atoms with Crippen LogP contribution in [0.3, 0.4) is 0 Å². The molecule has 1 aliphatic carbocycles. The molecule has 11 heteroatoms. The molecular formula is C45H67NO10. The highest BCUT2D eigenvalue weighted by Gasteiger charge is 2.66. The molecule has 7 aliphatic heterocycles. The minimum absolute atomic E-state index is 0.0237. The van der Waals surface area contributed by atoms with E-state index in [1.54, 1.807) is 0 Å². The number of ketones is 1. The predicted octanol–water partition coefficient (Wildman–Crippen LogP) is 7.21. The van der Waals surface area contributed by atoms with E-state index in [9.17, 15) is 24.9 Å². The summed E-state index contributed by atoms with van der Waals surface area (Å²) in [6, 6.07) is 0. The second kappa shape index (κ2) is 14.9. The van der Waals surface area contributed by atoms with E-state index in [2.05, 4.69) is 33.4 Å². The highest BCUT2D eigenvalue weighted by molar-refractivity contribution is 5.98. The summed E-state index contributed by atoms with van der Waals surface area (Å²) in [5.41, 5.74) is 1.43. The number of allylic oxidation sites excluding steroid dienone is 1. The maximum atomic E-state index is 13.7. The van der Waals surface area contributed by atoms with Gasteiger partial charge in [0.15, 0.2) is 17.4 Å². The van der Waals surface area contributed by atoms with Gasteiger partial charge < -0.3 is 39.0 Å². The smallest absolute Gasteiger partial charge is 0.303 e. The number of rotatable bonds is 4. The maximum absolute atomic E-state index is 13.7. The summed E-state index contributed by atoms with van der Waals surface area (Å²) in [5, 5.41) is 33.1. The third-order valence-corrected chi connectivity index (χ3v) is 15.6. The fourth-order valence-electron chi connectivity index (χ4n) is 12.3. The molecule has 0 aromatic carbocycles. The van der Waals surface area contributed by atoms with E-state index >= 15 is 0 Å². The molecule has 11 nitrogen and oxygen atoms in total. The van der Waals surface area contributed by atoms with Crippen LogP contribution in [0.5, 0.6) is 0 Å². The number of carbonyl (C=O) groups is 2. The van der Waals surface area contributed by atoms with Gasteiger partial charge in [0.05, 0.1) is 36.9 Å². The van der Waals surface area contributed by atoms with Crippen LogP contribution in [0.4, 0.5) is 0 Å². The molecule has 8 rings (SSSR count). The van der Waals surface area contributed by atoms with E-state index in [0.29, 0.717) is 75.2 Å². The van der Waals surface area contributed by atoms with Crippen LogP contribution < -0.4 is 0 Å². The Morgan fingerprint density at radius 1 is 0.875 bits per heavy atom. The van der Waals surface area contributed by atoms with Gasteiger partial charge in [0.2, 0.25) is 5.79 Å². The van der Waals surface area contributed by atoms with Gasteiger partial charge in [0.25, 0.3) is 0 Å². The Bertz CT molecular complexity index is 1620. The van der Waals surface area contributed by atoms with Crippen LogP contribution in [0.1, 0.15) is 144 Å². The molecule has 6 saturated heterocycles. The van der Waals surface area contributed by atoms with Crippen molar-refractivity contribution in [3.05, 3.63) is 23.8 Å². The Hall–Kier alpha value is -1.99. The quantitative estimate of drug-likeness (QED) is 0.250. The number of hydrogen-bond donors (Lipinski definition) is 3. The number of ether oxygens (including phenoxy) is 5. The van der Waals surface area contributed by atoms with Gasteiger partial charge in [-0.25, -0.2) is 0 Å². The first-order valence-electron chi connectivity index (χ1n) is 21.9. The summed E-state index contributed by atoms with van der Waals surface area (Å²) in [5.74, 6) is -3.66. The second-order valence-corrected chi connectivity index (χ2v) is 20.0. The van der Waals surface area contributed by atoms with E-state index < -0.39 is 41.1 Å². The van der Waals surface area contributed by atoms with Crippen molar-refractivity contribution in [3.63, 3.8) is 0 Å². The molecule has 0 aromatic heterocycles. The third kappa shape index (κ3) is 7.32. The highest BCUT2D eigenvalue weighted by atomic mass is 16.8. The molecule has 0 radical (unpaired) electrons. The Kier molecular flexibility index (Phi) is 10.9. The number of aliphatic carboxylic acids is 1. The minimum atomic E-state index is -1.23. The van der Waals surface area contributed by atoms with Crippen LogP contribution in [0, 0.1) is 35.0 Å². The van der Waals surface area contributed by atoms with Crippen LogP contribution in [0.2, 0.25) is 0 Å². The molecule has 8 aliphatic rings. The second-order valence-electron chi connectivity index (χ2n) is 20.0. The van der Waals surface area contributed by atoms with E-state index in [-0.39, 0.29) is 60.1 Å². The van der Waals surface area contributed by atoms with Gasteiger partial charge in [-0.2, -0.15) is 0 Å². The molecule has 6 fully saturated rings. The van der Waals surface area contributed by atoms with Crippen LogP contribution >= 0.6 is 0 Å². The lowest BCUT2D eigenvalue weighted by atomic mass is 9.57. The number of nitrogens with zero attached hydrogens (tertiary/aromatic N) is 1. The minimum Gasteiger partial charge on any atom is -0.481 e. The first-order valence-corrected chi connectivity index (χ1v) is 21.9. The highest BCUT2D eigenvalue weighted by Crippen LogP contribution is 2.59. The normalized spacial score (nSPS) is 49.5. The molecular weight excluding hydrogens is 714 g/mol. The summed E-state index contributed by atoms with van der Waals surface area (Å²) in [6.07, 6.45) is 9.69. The zero-order chi connectivity index (χ0) is 39.8. The van der Waals surface area contributed by atoms with Crippen LogP contribution in [-0.2, 0) is 33.3 Å². The monoisotopic (exact) mass is 781 g/mol. The van der Waals surface area contributed by atoms with E-state index in [4.69, 9.17) is 28.7 Å². The van der Waals surface area contributed by atoms with Gasteiger partial charge in [-0.15, -0.1) is 0 Å². The van der Waals surface area contributed by atoms with Crippen molar-refractivity contribution in [2.75, 3.05) is 6.54 Å². The Morgan fingerprint density at radius 2 is 1.66 bits per heavy atom. The molecule has 15 unspecified atom stereocenters. The zero-order valence-electron chi connectivity index (χ0n) is 34.4. The lowest BCUT2D eigenvalue weighted by molar-refractivity contribution is -0.411. The van der Waals surface area contributed by atoms with Gasteiger partial charge in [0, 0.05) is 62.1 Å². The first kappa shape index (κ1) is 40.8. The predicted molar refractivity (Wildman–Crippen MR) is 209 cm³/mol. The first-order chi connectivity index (χ1) is 26.5. The van der Waals surface area contributed by atoms with Gasteiger partial charge in [-0.05, 0) is 100 Å². The van der Waals surface area contributed by atoms with Crippen molar-refractivity contribution >= 4 is 17.5 Å². The lowest BCUT2D eigenvalue weighted by Gasteiger charge is -2.51. The molecule has 4 spiro atoms. The van der Waals surface area contributed by atoms with Crippen molar-refractivity contribution < 1.29 is 48.6 Å². The number of fused-ring (bicyclic) bond motifs is 6. The van der Waals surface area contributed by atoms with Crippen LogP contribution in [0.25, 0.3) is 0 Å². The van der Waals surface area contributed by atoms with Gasteiger partial charge in [-0.3, -0.25) is 14.6 Å². The van der Waals surface area contributed by atoms with Crippen molar-refractivity contribution in [2.45, 2.75) is 197 Å². The largest absolute Gasteiger partial charge is 0.481 e. The average molecular weight is 782 g/mol. The fraction of sp³-hybridized carbons (Fsp3) is 0.844. The standard InChI is InChI=1S/C45H67NO10/c1-26-8-7-9-37-42(22-28(3)30(5)25-46-37)15-12-31(34(47)10-11-38(48)49)20-33(42)40-35-19-27(2)21-44(53-35,55-40)24-36-39(50)29(4)23-43(54-36)16-17-45(56-43)41(6,51)14-13-32(18-26)52-45/h20,27-30,32-33,35-36,39-40,50-51H,1,7-19,21-25H2,2-6H3,(H,48,49). The van der Waals surface area contributed by atoms with Crippen LogP contribution in [-0.4, -0.2) is 92.8 Å². The van der Waals surface area contributed by atoms with E-state index in [1.165, 1.54) is 5.71 Å². The SMILES string of the molecule is C=C1CCCC2=NCC(C)C(C)CC23CCC(C(=O)CCC(=O)O)=CC3C2OC3(CC(C)CC2O3)CC2OC3(CCC4(OC(CCC4(C)O)C1)O3)CC(C)C2O. The molecule has 0 aromatic rings. The average Bonchev–Trinajstić information content (AvgIpc) is 3.57. The third-order valence-electron chi connectivity index (χ3n) is 15.6. The van der Waals surface area contributed by atoms with E-state index in [1.807, 2.05) is 13.8 Å². The topological polar surface area (TPSA) is 153 Å². The molecule has 3 N–H and O–H groups in total. The number of carbonyl (C=O) groups excluding carboxylic acids is 1. The summed E-state index contributed by atoms with van der Waals surface area (Å²) in [4.78, 5) is 30.7. The van der Waals surface area contributed by atoms with E-state index in [0.717, 1.165) is 50.6 Å². The lowest BCUT2D eigenvalue weighted by Crippen LogP contribution is -2.62. The zero-order valence-corrected chi connectivity index (χ0v) is 34.4. The molecule has 15 atom stereocenters. The Labute approximate surface area is 333 Å². The fourth-order valence-corrected chi connectivity index (χ4v) is 12.3. The van der Waals surface area contributed by atoms with Gasteiger partial charge in [0.1, 0.15) is 5.60 Å². The summed E-state index contributed by atoms with van der Waals surface area (Å²) < 4.78 is 35.2. The van der Waals surface area contributed by atoms with Crippen molar-refractivity contribution in [2.24, 2.45) is 40.0 Å². The summed E-state index contributed by atoms with van der Waals surface area (Å²) in [7, 11) is 0. The summed E-state index contributed by atoms with van der Waals surface area (Å²) in [6.45, 7) is 16.0. The Morgan fingerprint density at radius 3 is 2.45 bits per heavy atom. The molecule has 56 heavy (non-hydrogen) atoms. The number of aliphatic hydroxyl groups is 2. The molecule has 7 bridgehead atoms. The molecule has 312 valence electrons. The van der Waals surface area contributed by atoms with Crippen molar-refractivity contribution in [1.82, 2.24) is 0 Å².